The van der Waals surface area contributed by atoms with Crippen molar-refractivity contribution in [3.63, 3.8) is 0 Å². The van der Waals surface area contributed by atoms with Gasteiger partial charge < -0.3 is 15.2 Å². The second-order valence-electron chi connectivity index (χ2n) is 6.66. The SMILES string of the molecule is Cn1nccc1CNC(=O)N1CCC(c2c[nH]c3ccccc23)CC1. The molecule has 130 valence electrons. The Morgan fingerprint density at radius 2 is 2.08 bits per heavy atom. The molecule has 6 nitrogen and oxygen atoms in total. The Morgan fingerprint density at radius 1 is 1.28 bits per heavy atom. The van der Waals surface area contributed by atoms with Gasteiger partial charge in [-0.2, -0.15) is 5.10 Å². The molecule has 3 heterocycles. The largest absolute Gasteiger partial charge is 0.361 e. The highest BCUT2D eigenvalue weighted by molar-refractivity contribution is 5.83. The molecule has 1 aliphatic heterocycles. The fourth-order valence-corrected chi connectivity index (χ4v) is 3.68. The third-order valence-electron chi connectivity index (χ3n) is 5.19. The summed E-state index contributed by atoms with van der Waals surface area (Å²) in [5.74, 6) is 0.511. The van der Waals surface area contributed by atoms with Gasteiger partial charge in [-0.1, -0.05) is 18.2 Å². The highest BCUT2D eigenvalue weighted by Gasteiger charge is 2.25. The standard InChI is InChI=1S/C19H23N5O/c1-23-15(6-9-22-23)12-21-19(25)24-10-7-14(8-11-24)17-13-20-18-5-3-2-4-16(17)18/h2-6,9,13-14,20H,7-8,10-12H2,1H3,(H,21,25). The zero-order valence-corrected chi connectivity index (χ0v) is 14.4. The molecule has 3 aromatic rings. The number of nitrogens with zero attached hydrogens (tertiary/aromatic N) is 3. The molecule has 0 aliphatic carbocycles. The Morgan fingerprint density at radius 3 is 2.84 bits per heavy atom. The highest BCUT2D eigenvalue weighted by atomic mass is 16.2. The number of hydrogen-bond donors (Lipinski definition) is 2. The number of para-hydroxylation sites is 1. The molecule has 0 spiro atoms. The van der Waals surface area contributed by atoms with Crippen molar-refractivity contribution in [3.05, 3.63) is 54.0 Å². The van der Waals surface area contributed by atoms with Crippen molar-refractivity contribution in [1.82, 2.24) is 25.0 Å². The maximum Gasteiger partial charge on any atom is 0.317 e. The second kappa shape index (κ2) is 6.63. The summed E-state index contributed by atoms with van der Waals surface area (Å²) < 4.78 is 1.78. The van der Waals surface area contributed by atoms with Crippen LogP contribution in [-0.2, 0) is 13.6 Å². The van der Waals surface area contributed by atoms with E-state index in [2.05, 4.69) is 45.9 Å². The average molecular weight is 337 g/mol. The summed E-state index contributed by atoms with van der Waals surface area (Å²) >= 11 is 0. The zero-order valence-electron chi connectivity index (χ0n) is 14.4. The van der Waals surface area contributed by atoms with Gasteiger partial charge in [-0.25, -0.2) is 4.79 Å². The number of hydrogen-bond acceptors (Lipinski definition) is 2. The van der Waals surface area contributed by atoms with Gasteiger partial charge in [0.25, 0.3) is 0 Å². The van der Waals surface area contributed by atoms with Gasteiger partial charge in [0.2, 0.25) is 0 Å². The van der Waals surface area contributed by atoms with Crippen molar-refractivity contribution in [3.8, 4) is 0 Å². The quantitative estimate of drug-likeness (QED) is 0.771. The number of fused-ring (bicyclic) bond motifs is 1. The fourth-order valence-electron chi connectivity index (χ4n) is 3.68. The maximum atomic E-state index is 12.4. The van der Waals surface area contributed by atoms with Crippen LogP contribution in [-0.4, -0.2) is 38.8 Å². The van der Waals surface area contributed by atoms with E-state index in [1.807, 2.05) is 18.0 Å². The molecule has 2 aromatic heterocycles. The van der Waals surface area contributed by atoms with Crippen LogP contribution in [0.15, 0.2) is 42.7 Å². The number of H-pyrrole nitrogens is 1. The summed E-state index contributed by atoms with van der Waals surface area (Å²) in [4.78, 5) is 17.7. The van der Waals surface area contributed by atoms with E-state index in [4.69, 9.17) is 0 Å². The van der Waals surface area contributed by atoms with Crippen LogP contribution in [0.1, 0.15) is 30.0 Å². The van der Waals surface area contributed by atoms with E-state index in [1.165, 1.54) is 16.5 Å². The van der Waals surface area contributed by atoms with Crippen molar-refractivity contribution in [2.75, 3.05) is 13.1 Å². The lowest BCUT2D eigenvalue weighted by atomic mass is 9.89. The molecule has 2 N–H and O–H groups in total. The van der Waals surface area contributed by atoms with E-state index in [-0.39, 0.29) is 6.03 Å². The lowest BCUT2D eigenvalue weighted by Gasteiger charge is -2.32. The average Bonchev–Trinajstić information content (AvgIpc) is 3.26. The van der Waals surface area contributed by atoms with Gasteiger partial charge in [-0.05, 0) is 36.5 Å². The number of piperidine rings is 1. The van der Waals surface area contributed by atoms with Crippen molar-refractivity contribution in [2.24, 2.45) is 7.05 Å². The predicted octanol–water partition coefficient (Wildman–Crippen LogP) is 2.99. The molecular weight excluding hydrogens is 314 g/mol. The summed E-state index contributed by atoms with van der Waals surface area (Å²) in [7, 11) is 1.88. The molecule has 1 saturated heterocycles. The van der Waals surface area contributed by atoms with Crippen LogP contribution in [0.4, 0.5) is 4.79 Å². The minimum absolute atomic E-state index is 0.0126. The Hall–Kier alpha value is -2.76. The predicted molar refractivity (Wildman–Crippen MR) is 97.3 cm³/mol. The second-order valence-corrected chi connectivity index (χ2v) is 6.66. The number of aryl methyl sites for hydroxylation is 1. The molecule has 0 radical (unpaired) electrons. The zero-order chi connectivity index (χ0) is 17.2. The van der Waals surface area contributed by atoms with Gasteiger partial charge >= 0.3 is 6.03 Å². The summed E-state index contributed by atoms with van der Waals surface area (Å²) in [6, 6.07) is 10.4. The molecular formula is C19H23N5O. The number of rotatable bonds is 3. The van der Waals surface area contributed by atoms with Crippen LogP contribution in [0.3, 0.4) is 0 Å². The first-order chi connectivity index (χ1) is 12.2. The summed E-state index contributed by atoms with van der Waals surface area (Å²) in [6.07, 6.45) is 5.88. The molecule has 0 saturated carbocycles. The van der Waals surface area contributed by atoms with Crippen LogP contribution in [0, 0.1) is 0 Å². The van der Waals surface area contributed by atoms with Crippen LogP contribution >= 0.6 is 0 Å². The van der Waals surface area contributed by atoms with Gasteiger partial charge in [0.15, 0.2) is 0 Å². The first-order valence-corrected chi connectivity index (χ1v) is 8.78. The summed E-state index contributed by atoms with van der Waals surface area (Å²) in [5, 5.41) is 8.42. The molecule has 1 fully saturated rings. The molecule has 1 aromatic carbocycles. The lowest BCUT2D eigenvalue weighted by molar-refractivity contribution is 0.181. The van der Waals surface area contributed by atoms with Gasteiger partial charge in [0.1, 0.15) is 0 Å². The van der Waals surface area contributed by atoms with Crippen molar-refractivity contribution < 1.29 is 4.79 Å². The first kappa shape index (κ1) is 15.7. The van der Waals surface area contributed by atoms with E-state index in [1.54, 1.807) is 10.9 Å². The minimum atomic E-state index is 0.0126. The van der Waals surface area contributed by atoms with Gasteiger partial charge in [-0.15, -0.1) is 0 Å². The Bertz CT molecular complexity index is 873. The number of nitrogens with one attached hydrogen (secondary N) is 2. The smallest absolute Gasteiger partial charge is 0.317 e. The number of amides is 2. The third-order valence-corrected chi connectivity index (χ3v) is 5.19. The molecule has 1 aliphatic rings. The van der Waals surface area contributed by atoms with E-state index >= 15 is 0 Å². The van der Waals surface area contributed by atoms with Crippen molar-refractivity contribution in [1.29, 1.82) is 0 Å². The summed E-state index contributed by atoms with van der Waals surface area (Å²) in [6.45, 7) is 2.10. The topological polar surface area (TPSA) is 66.0 Å². The summed E-state index contributed by atoms with van der Waals surface area (Å²) in [5.41, 5.74) is 3.57. The van der Waals surface area contributed by atoms with Crippen molar-refractivity contribution in [2.45, 2.75) is 25.3 Å². The van der Waals surface area contributed by atoms with Gasteiger partial charge in [0.05, 0.1) is 12.2 Å². The molecule has 2 amide bonds. The van der Waals surface area contributed by atoms with Crippen LogP contribution in [0.2, 0.25) is 0 Å². The third kappa shape index (κ3) is 3.12. The number of urea groups is 1. The van der Waals surface area contributed by atoms with Crippen molar-refractivity contribution >= 4 is 16.9 Å². The van der Waals surface area contributed by atoms with Crippen LogP contribution in [0.5, 0.6) is 0 Å². The Balaban J connectivity index is 1.35. The molecule has 0 bridgehead atoms. The van der Waals surface area contributed by atoms with E-state index < -0.39 is 0 Å². The first-order valence-electron chi connectivity index (χ1n) is 8.78. The number of likely N-dealkylation sites (tertiary alicyclic amines) is 1. The van der Waals surface area contributed by atoms with E-state index in [0.717, 1.165) is 31.6 Å². The number of aromatic amines is 1. The maximum absolute atomic E-state index is 12.4. The monoisotopic (exact) mass is 337 g/mol. The lowest BCUT2D eigenvalue weighted by Crippen LogP contribution is -2.44. The number of carbonyl (C=O) groups is 1. The molecule has 6 heteroatoms. The van der Waals surface area contributed by atoms with Crippen LogP contribution in [0.25, 0.3) is 10.9 Å². The van der Waals surface area contributed by atoms with Gasteiger partial charge in [-0.3, -0.25) is 4.68 Å². The minimum Gasteiger partial charge on any atom is -0.361 e. The molecule has 0 atom stereocenters. The normalized spacial score (nSPS) is 15.6. The Labute approximate surface area is 146 Å². The Kier molecular flexibility index (Phi) is 4.17. The van der Waals surface area contributed by atoms with E-state index in [0.29, 0.717) is 12.5 Å². The van der Waals surface area contributed by atoms with E-state index in [9.17, 15) is 4.79 Å². The molecule has 0 unspecified atom stereocenters. The van der Waals surface area contributed by atoms with Crippen LogP contribution < -0.4 is 5.32 Å². The number of carbonyl (C=O) groups excluding carboxylic acids is 1. The molecule has 4 rings (SSSR count). The highest BCUT2D eigenvalue weighted by Crippen LogP contribution is 2.33. The molecule has 25 heavy (non-hydrogen) atoms. The fraction of sp³-hybridized carbons (Fsp3) is 0.368. The number of aromatic nitrogens is 3. The number of benzene rings is 1. The van der Waals surface area contributed by atoms with Gasteiger partial charge in [0, 0.05) is 43.4 Å².